The zero-order valence-electron chi connectivity index (χ0n) is 14.7. The first kappa shape index (κ1) is 17.9. The van der Waals surface area contributed by atoms with Crippen molar-refractivity contribution >= 4 is 29.0 Å². The fourth-order valence-corrected chi connectivity index (χ4v) is 3.25. The molecule has 0 aliphatic rings. The zero-order valence-corrected chi connectivity index (χ0v) is 15.5. The van der Waals surface area contributed by atoms with Crippen molar-refractivity contribution in [3.8, 4) is 17.3 Å². The number of benzene rings is 1. The molecule has 3 aromatic heterocycles. The van der Waals surface area contributed by atoms with Gasteiger partial charge in [0, 0.05) is 11.8 Å². The van der Waals surface area contributed by atoms with Gasteiger partial charge >= 0.3 is 0 Å². The Balaban J connectivity index is 1.53. The summed E-state index contributed by atoms with van der Waals surface area (Å²) >= 11 is 1.17. The molecule has 9 nitrogen and oxygen atoms in total. The third kappa shape index (κ3) is 3.76. The Labute approximate surface area is 162 Å². The summed E-state index contributed by atoms with van der Waals surface area (Å²) in [4.78, 5) is 32.7. The number of hydrogen-bond donors (Lipinski definition) is 2. The average molecular weight is 397 g/mol. The van der Waals surface area contributed by atoms with E-state index in [0.717, 1.165) is 0 Å². The number of thioether (sulfide) groups is 1. The molecule has 0 unspecified atom stereocenters. The Hall–Kier alpha value is -3.53. The summed E-state index contributed by atoms with van der Waals surface area (Å²) in [5, 5.41) is 5.84. The number of aromatic nitrogens is 4. The van der Waals surface area contributed by atoms with Crippen molar-refractivity contribution in [2.75, 3.05) is 18.2 Å². The van der Waals surface area contributed by atoms with E-state index in [1.54, 1.807) is 43.5 Å². The van der Waals surface area contributed by atoms with Crippen molar-refractivity contribution < 1.29 is 13.9 Å². The first-order chi connectivity index (χ1) is 13.6. The quantitative estimate of drug-likeness (QED) is 0.480. The first-order valence-corrected chi connectivity index (χ1v) is 9.21. The number of ether oxygens (including phenoxy) is 1. The minimum atomic E-state index is -0.310. The van der Waals surface area contributed by atoms with E-state index in [4.69, 9.17) is 9.15 Å². The number of furan rings is 1. The predicted octanol–water partition coefficient (Wildman–Crippen LogP) is 2.42. The molecule has 0 spiro atoms. The van der Waals surface area contributed by atoms with Crippen molar-refractivity contribution in [2.45, 2.75) is 5.16 Å². The van der Waals surface area contributed by atoms with Gasteiger partial charge in [-0.2, -0.15) is 4.98 Å². The number of hydrogen-bond acceptors (Lipinski definition) is 7. The molecule has 10 heteroatoms. The average Bonchev–Trinajstić information content (AvgIpc) is 3.35. The van der Waals surface area contributed by atoms with Crippen LogP contribution in [-0.2, 0) is 4.79 Å². The molecule has 4 aromatic rings. The highest BCUT2D eigenvalue weighted by Crippen LogP contribution is 2.22. The lowest BCUT2D eigenvalue weighted by Crippen LogP contribution is -2.15. The van der Waals surface area contributed by atoms with E-state index < -0.39 is 0 Å². The first-order valence-electron chi connectivity index (χ1n) is 8.23. The number of H-pyrrole nitrogens is 1. The minimum absolute atomic E-state index is 0.0932. The number of fused-ring (bicyclic) bond motifs is 1. The number of carbonyl (C=O) groups excluding carboxylic acids is 1. The second kappa shape index (κ2) is 7.61. The van der Waals surface area contributed by atoms with Crippen LogP contribution in [0.3, 0.4) is 0 Å². The van der Waals surface area contributed by atoms with Crippen LogP contribution in [0.15, 0.2) is 63.1 Å². The van der Waals surface area contributed by atoms with E-state index in [1.165, 1.54) is 28.6 Å². The number of carbonyl (C=O) groups is 1. The fraction of sp³-hybridized carbons (Fsp3) is 0.111. The Morgan fingerprint density at radius 1 is 1.29 bits per heavy atom. The maximum absolute atomic E-state index is 12.3. The summed E-state index contributed by atoms with van der Waals surface area (Å²) in [5.74, 6) is 1.40. The summed E-state index contributed by atoms with van der Waals surface area (Å²) in [7, 11) is 1.58. The standard InChI is InChI=1S/C18H15N5O4S/c1-26-12-6-4-11(5-7-12)19-16(25)10-28-18-21-17(13-3-2-8-27-13)20-14-9-15(24)22-23(14)18/h2-9H,10H2,1H3,(H,19,25)(H,22,24). The molecule has 28 heavy (non-hydrogen) atoms. The maximum Gasteiger partial charge on any atom is 0.266 e. The van der Waals surface area contributed by atoms with Gasteiger partial charge in [0.15, 0.2) is 22.4 Å². The van der Waals surface area contributed by atoms with Crippen LogP contribution in [0.5, 0.6) is 5.75 Å². The predicted molar refractivity (Wildman–Crippen MR) is 104 cm³/mol. The van der Waals surface area contributed by atoms with Crippen LogP contribution in [-0.4, -0.2) is 38.4 Å². The molecule has 4 rings (SSSR count). The molecule has 0 bridgehead atoms. The second-order valence-electron chi connectivity index (χ2n) is 5.69. The van der Waals surface area contributed by atoms with Crippen LogP contribution in [0.25, 0.3) is 17.2 Å². The van der Waals surface area contributed by atoms with Gasteiger partial charge in [-0.1, -0.05) is 11.8 Å². The molecule has 0 radical (unpaired) electrons. The molecule has 3 heterocycles. The Morgan fingerprint density at radius 3 is 2.82 bits per heavy atom. The maximum atomic E-state index is 12.3. The molecule has 0 saturated heterocycles. The van der Waals surface area contributed by atoms with Crippen molar-refractivity contribution in [1.29, 1.82) is 0 Å². The molecular formula is C18H15N5O4S. The Bertz CT molecular complexity index is 1170. The second-order valence-corrected chi connectivity index (χ2v) is 6.63. The highest BCUT2D eigenvalue weighted by molar-refractivity contribution is 7.99. The summed E-state index contributed by atoms with van der Waals surface area (Å²) in [6, 6.07) is 11.8. The summed E-state index contributed by atoms with van der Waals surface area (Å²) in [6.07, 6.45) is 1.52. The Kier molecular flexibility index (Phi) is 4.85. The smallest absolute Gasteiger partial charge is 0.266 e. The zero-order chi connectivity index (χ0) is 19.5. The summed E-state index contributed by atoms with van der Waals surface area (Å²) < 4.78 is 11.9. The van der Waals surface area contributed by atoms with Gasteiger partial charge in [-0.3, -0.25) is 14.7 Å². The van der Waals surface area contributed by atoms with Crippen molar-refractivity contribution in [3.05, 3.63) is 59.1 Å². The van der Waals surface area contributed by atoms with Gasteiger partial charge in [-0.05, 0) is 36.4 Å². The highest BCUT2D eigenvalue weighted by Gasteiger charge is 2.14. The van der Waals surface area contributed by atoms with Crippen LogP contribution < -0.4 is 15.6 Å². The fourth-order valence-electron chi connectivity index (χ4n) is 2.50. The van der Waals surface area contributed by atoms with Gasteiger partial charge in [0.2, 0.25) is 5.91 Å². The highest BCUT2D eigenvalue weighted by atomic mass is 32.2. The van der Waals surface area contributed by atoms with Crippen LogP contribution in [0.4, 0.5) is 5.69 Å². The van der Waals surface area contributed by atoms with Crippen molar-refractivity contribution in [2.24, 2.45) is 0 Å². The summed E-state index contributed by atoms with van der Waals surface area (Å²) in [5.41, 5.74) is 0.741. The number of nitrogens with zero attached hydrogens (tertiary/aromatic N) is 3. The molecule has 0 aliphatic heterocycles. The third-order valence-corrected chi connectivity index (χ3v) is 4.71. The lowest BCUT2D eigenvalue weighted by molar-refractivity contribution is -0.113. The monoisotopic (exact) mass is 397 g/mol. The molecule has 0 atom stereocenters. The summed E-state index contributed by atoms with van der Waals surface area (Å²) in [6.45, 7) is 0. The number of aromatic amines is 1. The van der Waals surface area contributed by atoms with Crippen LogP contribution in [0, 0.1) is 0 Å². The number of anilines is 1. The molecule has 1 aromatic carbocycles. The van der Waals surface area contributed by atoms with Crippen LogP contribution in [0.1, 0.15) is 0 Å². The SMILES string of the molecule is COc1ccc(NC(=O)CSc2nc(-c3ccco3)nc3cc(=O)[nH]n23)cc1. The normalized spacial score (nSPS) is 10.9. The third-order valence-electron chi connectivity index (χ3n) is 3.77. The van der Waals surface area contributed by atoms with Gasteiger partial charge in [0.25, 0.3) is 5.56 Å². The van der Waals surface area contributed by atoms with Crippen LogP contribution >= 0.6 is 11.8 Å². The van der Waals surface area contributed by atoms with Crippen molar-refractivity contribution in [1.82, 2.24) is 19.6 Å². The van der Waals surface area contributed by atoms with E-state index in [-0.39, 0.29) is 17.2 Å². The van der Waals surface area contributed by atoms with Gasteiger partial charge in [-0.15, -0.1) is 0 Å². The van der Waals surface area contributed by atoms with Gasteiger partial charge < -0.3 is 14.5 Å². The van der Waals surface area contributed by atoms with Crippen LogP contribution in [0.2, 0.25) is 0 Å². The largest absolute Gasteiger partial charge is 0.497 e. The molecular weight excluding hydrogens is 382 g/mol. The van der Waals surface area contributed by atoms with Gasteiger partial charge in [-0.25, -0.2) is 9.50 Å². The van der Waals surface area contributed by atoms with E-state index in [9.17, 15) is 9.59 Å². The Morgan fingerprint density at radius 2 is 2.11 bits per heavy atom. The van der Waals surface area contributed by atoms with Crippen molar-refractivity contribution in [3.63, 3.8) is 0 Å². The lowest BCUT2D eigenvalue weighted by Gasteiger charge is -2.08. The number of nitrogens with one attached hydrogen (secondary N) is 2. The molecule has 142 valence electrons. The molecule has 1 amide bonds. The minimum Gasteiger partial charge on any atom is -0.497 e. The topological polar surface area (TPSA) is 115 Å². The molecule has 0 fully saturated rings. The van der Waals surface area contributed by atoms with E-state index in [0.29, 0.717) is 33.8 Å². The number of amides is 1. The van der Waals surface area contributed by atoms with Gasteiger partial charge in [0.1, 0.15) is 5.75 Å². The molecule has 0 aliphatic carbocycles. The number of rotatable bonds is 6. The van der Waals surface area contributed by atoms with E-state index in [1.807, 2.05) is 0 Å². The van der Waals surface area contributed by atoms with E-state index >= 15 is 0 Å². The van der Waals surface area contributed by atoms with E-state index in [2.05, 4.69) is 20.4 Å². The number of methoxy groups -OCH3 is 1. The molecule has 2 N–H and O–H groups in total. The van der Waals surface area contributed by atoms with Gasteiger partial charge in [0.05, 0.1) is 19.1 Å². The molecule has 0 saturated carbocycles. The lowest BCUT2D eigenvalue weighted by atomic mass is 10.3.